The van der Waals surface area contributed by atoms with E-state index in [1.807, 2.05) is 18.3 Å². The largest absolute Gasteiger partial charge is 0.456 e. The molecule has 0 fully saturated rings. The Bertz CT molecular complexity index is 2880. The SMILES string of the molecule is c1ccc2c(c1)oc1c2ccc2c3cccc4c3n(c3cccc5c6cc7c(cc6n4c53)oc3ccncc37)c21. The monoisotopic (exact) mass is 511 g/mol. The topological polar surface area (TPSA) is 48.0 Å². The molecule has 5 aromatic carbocycles. The van der Waals surface area contributed by atoms with Crippen LogP contribution in [0.3, 0.4) is 0 Å². The Morgan fingerprint density at radius 1 is 0.450 bits per heavy atom. The summed E-state index contributed by atoms with van der Waals surface area (Å²) < 4.78 is 17.7. The molecule has 11 aromatic rings. The van der Waals surface area contributed by atoms with Crippen LogP contribution in [0.2, 0.25) is 0 Å². The summed E-state index contributed by atoms with van der Waals surface area (Å²) in [6.07, 6.45) is 3.68. The average Bonchev–Trinajstić information content (AvgIpc) is 3.73. The zero-order valence-electron chi connectivity index (χ0n) is 21.0. The van der Waals surface area contributed by atoms with Gasteiger partial charge in [0.05, 0.1) is 33.1 Å². The number of benzene rings is 5. The molecule has 184 valence electrons. The third-order valence-electron chi connectivity index (χ3n) is 8.91. The standard InChI is InChI=1S/C35H17N3O2/c1-2-10-29-18(5-1)22-12-11-21-19-6-3-8-26-33(19)38(34(21)35(22)40-29)27-9-4-7-20-23-15-24-25-17-36-14-13-30(25)39-31(24)16-28(23)37(26)32(20)27/h1-17H. The molecule has 0 spiro atoms. The number of hydrogen-bond donors (Lipinski definition) is 0. The van der Waals surface area contributed by atoms with Crippen molar-refractivity contribution < 1.29 is 8.83 Å². The van der Waals surface area contributed by atoms with Gasteiger partial charge in [0.25, 0.3) is 0 Å². The highest BCUT2D eigenvalue weighted by Crippen LogP contribution is 2.44. The Morgan fingerprint density at radius 2 is 1.18 bits per heavy atom. The fourth-order valence-corrected chi connectivity index (χ4v) is 7.32. The molecule has 0 amide bonds. The highest BCUT2D eigenvalue weighted by molar-refractivity contribution is 6.27. The summed E-state index contributed by atoms with van der Waals surface area (Å²) in [6.45, 7) is 0. The first-order valence-electron chi connectivity index (χ1n) is 13.5. The molecule has 6 heterocycles. The van der Waals surface area contributed by atoms with Crippen LogP contribution in [0, 0.1) is 0 Å². The first-order chi connectivity index (χ1) is 19.8. The van der Waals surface area contributed by atoms with E-state index in [1.165, 1.54) is 32.6 Å². The second-order valence-electron chi connectivity index (χ2n) is 10.8. The summed E-state index contributed by atoms with van der Waals surface area (Å²) in [5.74, 6) is 0. The number of hydrogen-bond acceptors (Lipinski definition) is 3. The lowest BCUT2D eigenvalue weighted by atomic mass is 10.1. The van der Waals surface area contributed by atoms with Crippen LogP contribution in [0.25, 0.3) is 98.5 Å². The molecular formula is C35H17N3O2. The maximum Gasteiger partial charge on any atom is 0.160 e. The van der Waals surface area contributed by atoms with E-state index < -0.39 is 0 Å². The molecule has 0 N–H and O–H groups in total. The van der Waals surface area contributed by atoms with Crippen LogP contribution in [-0.4, -0.2) is 13.8 Å². The van der Waals surface area contributed by atoms with Crippen molar-refractivity contribution in [1.82, 2.24) is 13.8 Å². The zero-order chi connectivity index (χ0) is 25.7. The molecular weight excluding hydrogens is 494 g/mol. The van der Waals surface area contributed by atoms with Crippen molar-refractivity contribution >= 4 is 98.5 Å². The molecule has 6 aromatic heterocycles. The second-order valence-corrected chi connectivity index (χ2v) is 10.8. The third kappa shape index (κ3) is 2.04. The minimum absolute atomic E-state index is 0.860. The van der Waals surface area contributed by atoms with Crippen LogP contribution in [0.5, 0.6) is 0 Å². The summed E-state index contributed by atoms with van der Waals surface area (Å²) in [6, 6.07) is 32.5. The summed E-state index contributed by atoms with van der Waals surface area (Å²) in [4.78, 5) is 4.36. The number of fused-ring (bicyclic) bond motifs is 15. The molecule has 0 radical (unpaired) electrons. The van der Waals surface area contributed by atoms with Crippen molar-refractivity contribution in [2.24, 2.45) is 0 Å². The molecule has 5 nitrogen and oxygen atoms in total. The first kappa shape index (κ1) is 19.5. The van der Waals surface area contributed by atoms with Crippen LogP contribution in [0.15, 0.2) is 112 Å². The van der Waals surface area contributed by atoms with Crippen molar-refractivity contribution in [2.75, 3.05) is 0 Å². The third-order valence-corrected chi connectivity index (χ3v) is 8.91. The van der Waals surface area contributed by atoms with Gasteiger partial charge in [0.15, 0.2) is 5.58 Å². The summed E-state index contributed by atoms with van der Waals surface area (Å²) >= 11 is 0. The molecule has 0 saturated heterocycles. The van der Waals surface area contributed by atoms with Crippen LogP contribution in [-0.2, 0) is 0 Å². The highest BCUT2D eigenvalue weighted by atomic mass is 16.3. The Labute approximate surface area is 224 Å². The van der Waals surface area contributed by atoms with Gasteiger partial charge in [-0.1, -0.05) is 48.5 Å². The normalized spacial score (nSPS) is 13.0. The van der Waals surface area contributed by atoms with Crippen molar-refractivity contribution in [3.8, 4) is 0 Å². The number of aromatic nitrogens is 3. The molecule has 40 heavy (non-hydrogen) atoms. The van der Waals surface area contributed by atoms with Gasteiger partial charge in [-0.2, -0.15) is 0 Å². The van der Waals surface area contributed by atoms with Gasteiger partial charge in [-0.15, -0.1) is 0 Å². The van der Waals surface area contributed by atoms with E-state index in [0.717, 1.165) is 65.9 Å². The molecule has 0 saturated carbocycles. The lowest BCUT2D eigenvalue weighted by Gasteiger charge is -2.11. The van der Waals surface area contributed by atoms with Gasteiger partial charge in [-0.3, -0.25) is 4.98 Å². The average molecular weight is 512 g/mol. The van der Waals surface area contributed by atoms with E-state index in [4.69, 9.17) is 8.83 Å². The van der Waals surface area contributed by atoms with Gasteiger partial charge in [-0.05, 0) is 36.4 Å². The highest BCUT2D eigenvalue weighted by Gasteiger charge is 2.24. The number of nitrogens with zero attached hydrogens (tertiary/aromatic N) is 3. The van der Waals surface area contributed by atoms with E-state index in [1.54, 1.807) is 6.20 Å². The van der Waals surface area contributed by atoms with Crippen LogP contribution >= 0.6 is 0 Å². The quantitative estimate of drug-likeness (QED) is 0.191. The lowest BCUT2D eigenvalue weighted by Crippen LogP contribution is -1.96. The lowest BCUT2D eigenvalue weighted by molar-refractivity contribution is 0.669. The van der Waals surface area contributed by atoms with E-state index in [-0.39, 0.29) is 0 Å². The smallest absolute Gasteiger partial charge is 0.160 e. The molecule has 11 rings (SSSR count). The molecule has 0 bridgehead atoms. The molecule has 5 heteroatoms. The van der Waals surface area contributed by atoms with Crippen LogP contribution in [0.1, 0.15) is 0 Å². The number of para-hydroxylation sites is 3. The van der Waals surface area contributed by atoms with Gasteiger partial charge in [0.1, 0.15) is 16.7 Å². The molecule has 0 unspecified atom stereocenters. The Morgan fingerprint density at radius 3 is 2.10 bits per heavy atom. The van der Waals surface area contributed by atoms with Gasteiger partial charge < -0.3 is 17.6 Å². The summed E-state index contributed by atoms with van der Waals surface area (Å²) in [5.41, 5.74) is 10.5. The molecule has 0 aliphatic rings. The van der Waals surface area contributed by atoms with E-state index >= 15 is 0 Å². The van der Waals surface area contributed by atoms with Crippen molar-refractivity contribution in [3.63, 3.8) is 0 Å². The fraction of sp³-hybridized carbons (Fsp3) is 0. The first-order valence-corrected chi connectivity index (χ1v) is 13.5. The molecule has 0 aliphatic heterocycles. The van der Waals surface area contributed by atoms with E-state index in [0.29, 0.717) is 0 Å². The van der Waals surface area contributed by atoms with Gasteiger partial charge in [0.2, 0.25) is 0 Å². The Kier molecular flexibility index (Phi) is 3.10. The van der Waals surface area contributed by atoms with Crippen molar-refractivity contribution in [2.45, 2.75) is 0 Å². The fourth-order valence-electron chi connectivity index (χ4n) is 7.32. The van der Waals surface area contributed by atoms with Gasteiger partial charge in [-0.25, -0.2) is 0 Å². The zero-order valence-corrected chi connectivity index (χ0v) is 21.0. The van der Waals surface area contributed by atoms with Crippen molar-refractivity contribution in [1.29, 1.82) is 0 Å². The second kappa shape index (κ2) is 6.35. The minimum atomic E-state index is 0.860. The number of furan rings is 2. The Hall–Kier alpha value is -5.55. The van der Waals surface area contributed by atoms with Crippen LogP contribution < -0.4 is 0 Å². The maximum absolute atomic E-state index is 6.58. The predicted molar refractivity (Wildman–Crippen MR) is 162 cm³/mol. The minimum Gasteiger partial charge on any atom is -0.456 e. The van der Waals surface area contributed by atoms with E-state index in [2.05, 4.69) is 92.6 Å². The van der Waals surface area contributed by atoms with Gasteiger partial charge >= 0.3 is 0 Å². The maximum atomic E-state index is 6.58. The van der Waals surface area contributed by atoms with E-state index in [9.17, 15) is 0 Å². The number of pyridine rings is 1. The van der Waals surface area contributed by atoms with Crippen LogP contribution in [0.4, 0.5) is 0 Å². The molecule has 0 atom stereocenters. The number of rotatable bonds is 0. The summed E-state index contributed by atoms with van der Waals surface area (Å²) in [5, 5.41) is 9.25. The predicted octanol–water partition coefficient (Wildman–Crippen LogP) is 9.44. The molecule has 0 aliphatic carbocycles. The van der Waals surface area contributed by atoms with Gasteiger partial charge in [0, 0.05) is 61.5 Å². The Balaban J connectivity index is 1.45. The summed E-state index contributed by atoms with van der Waals surface area (Å²) in [7, 11) is 0. The van der Waals surface area contributed by atoms with Crippen molar-refractivity contribution in [3.05, 3.63) is 103 Å².